The number of nitrogens with zero attached hydrogens (tertiary/aromatic N) is 6. The van der Waals surface area contributed by atoms with E-state index in [0.717, 1.165) is 39.1 Å². The number of sulfonamides is 1. The zero-order valence-corrected chi connectivity index (χ0v) is 18.4. The van der Waals surface area contributed by atoms with Crippen LogP contribution in [0.3, 0.4) is 0 Å². The van der Waals surface area contributed by atoms with Crippen LogP contribution < -0.4 is 0 Å². The first-order valence-electron chi connectivity index (χ1n) is 10.4. The molecular weight excluding hydrogens is 408 g/mol. The van der Waals surface area contributed by atoms with E-state index < -0.39 is 15.4 Å². The summed E-state index contributed by atoms with van der Waals surface area (Å²) in [6.45, 7) is 7.44. The number of fused-ring (bicyclic) bond motifs is 1. The molecule has 2 aromatic rings. The molecule has 2 atom stereocenters. The Hall–Kier alpha value is -1.82. The molecule has 0 saturated carbocycles. The first-order valence-corrected chi connectivity index (χ1v) is 11.9. The maximum atomic E-state index is 13.3. The standard InChI is InChI=1S/C19H28N6O4S/c1-13-20-18(29-22-13)19-11-24(16-4-6-28-7-5-16)8-15(19)9-25(12-19)30(26,27)17-10-23(3)14(2)21-17/h10,15-16H,4-9,11-12H2,1-3H3/t15-,19-/m1/s1. The first-order chi connectivity index (χ1) is 14.3. The normalized spacial score (nSPS) is 29.0. The Labute approximate surface area is 176 Å². The van der Waals surface area contributed by atoms with Crippen molar-refractivity contribution in [2.75, 3.05) is 39.4 Å². The van der Waals surface area contributed by atoms with E-state index in [9.17, 15) is 8.42 Å². The zero-order chi connectivity index (χ0) is 21.1. The lowest BCUT2D eigenvalue weighted by atomic mass is 9.81. The Morgan fingerprint density at radius 1 is 1.13 bits per heavy atom. The highest BCUT2D eigenvalue weighted by atomic mass is 32.2. The smallest absolute Gasteiger partial charge is 0.262 e. The first kappa shape index (κ1) is 20.1. The van der Waals surface area contributed by atoms with E-state index in [0.29, 0.717) is 36.7 Å². The van der Waals surface area contributed by atoms with Gasteiger partial charge in [0.15, 0.2) is 10.9 Å². The Morgan fingerprint density at radius 3 is 2.53 bits per heavy atom. The molecule has 3 aliphatic rings. The van der Waals surface area contributed by atoms with Crippen LogP contribution in [0.2, 0.25) is 0 Å². The van der Waals surface area contributed by atoms with Crippen molar-refractivity contribution >= 4 is 10.0 Å². The third-order valence-corrected chi connectivity index (χ3v) is 8.64. The number of hydrogen-bond donors (Lipinski definition) is 0. The molecule has 0 radical (unpaired) electrons. The highest BCUT2D eigenvalue weighted by molar-refractivity contribution is 7.89. The highest BCUT2D eigenvalue weighted by Gasteiger charge is 2.60. The van der Waals surface area contributed by atoms with Crippen molar-refractivity contribution in [3.8, 4) is 0 Å². The fourth-order valence-electron chi connectivity index (χ4n) is 5.15. The monoisotopic (exact) mass is 436 g/mol. The number of imidazole rings is 1. The van der Waals surface area contributed by atoms with Gasteiger partial charge in [0.25, 0.3) is 10.0 Å². The van der Waals surface area contributed by atoms with Crippen LogP contribution in [-0.4, -0.2) is 82.7 Å². The van der Waals surface area contributed by atoms with Gasteiger partial charge in [-0.2, -0.15) is 9.29 Å². The molecule has 2 aromatic heterocycles. The molecule has 0 bridgehead atoms. The van der Waals surface area contributed by atoms with Crippen LogP contribution in [-0.2, 0) is 27.2 Å². The largest absolute Gasteiger partial charge is 0.381 e. The summed E-state index contributed by atoms with van der Waals surface area (Å²) >= 11 is 0. The summed E-state index contributed by atoms with van der Waals surface area (Å²) in [6, 6.07) is 0.453. The van der Waals surface area contributed by atoms with Crippen LogP contribution in [0, 0.1) is 19.8 Å². The second-order valence-electron chi connectivity index (χ2n) is 8.81. The number of rotatable bonds is 4. The fourth-order valence-corrected chi connectivity index (χ4v) is 6.73. The third-order valence-electron chi connectivity index (χ3n) is 6.96. The molecule has 0 N–H and O–H groups in total. The summed E-state index contributed by atoms with van der Waals surface area (Å²) < 4.78 is 41.1. The average molecular weight is 437 g/mol. The van der Waals surface area contributed by atoms with Gasteiger partial charge >= 0.3 is 0 Å². The van der Waals surface area contributed by atoms with E-state index in [2.05, 4.69) is 20.0 Å². The fraction of sp³-hybridized carbons (Fsp3) is 0.737. The topological polar surface area (TPSA) is 107 Å². The van der Waals surface area contributed by atoms with Gasteiger partial charge in [-0.15, -0.1) is 0 Å². The third kappa shape index (κ3) is 3.10. The molecule has 0 aromatic carbocycles. The minimum atomic E-state index is -3.69. The average Bonchev–Trinajstić information content (AvgIpc) is 3.46. The van der Waals surface area contributed by atoms with Crippen LogP contribution in [0.15, 0.2) is 15.7 Å². The molecule has 3 fully saturated rings. The van der Waals surface area contributed by atoms with E-state index in [1.807, 2.05) is 0 Å². The van der Waals surface area contributed by atoms with Gasteiger partial charge in [-0.3, -0.25) is 4.90 Å². The summed E-state index contributed by atoms with van der Waals surface area (Å²) in [5.74, 6) is 1.89. The molecule has 5 heterocycles. The lowest BCUT2D eigenvalue weighted by Crippen LogP contribution is -2.44. The minimum absolute atomic E-state index is 0.0970. The maximum absolute atomic E-state index is 13.3. The van der Waals surface area contributed by atoms with Gasteiger partial charge in [0.2, 0.25) is 5.89 Å². The van der Waals surface area contributed by atoms with Crippen molar-refractivity contribution in [3.63, 3.8) is 0 Å². The zero-order valence-electron chi connectivity index (χ0n) is 17.6. The van der Waals surface area contributed by atoms with Crippen molar-refractivity contribution < 1.29 is 17.7 Å². The summed E-state index contributed by atoms with van der Waals surface area (Å²) in [4.78, 5) is 11.3. The molecule has 0 unspecified atom stereocenters. The van der Waals surface area contributed by atoms with Crippen molar-refractivity contribution in [3.05, 3.63) is 23.7 Å². The summed E-state index contributed by atoms with van der Waals surface area (Å²) in [5, 5.41) is 4.10. The molecule has 11 heteroatoms. The molecule has 30 heavy (non-hydrogen) atoms. The molecule has 0 spiro atoms. The summed E-state index contributed by atoms with van der Waals surface area (Å²) in [5.41, 5.74) is -0.490. The van der Waals surface area contributed by atoms with Crippen LogP contribution in [0.25, 0.3) is 0 Å². The van der Waals surface area contributed by atoms with Gasteiger partial charge in [-0.1, -0.05) is 5.16 Å². The lowest BCUT2D eigenvalue weighted by molar-refractivity contribution is 0.0382. The number of aromatic nitrogens is 4. The number of hydrogen-bond acceptors (Lipinski definition) is 8. The molecule has 5 rings (SSSR count). The number of ether oxygens (including phenoxy) is 1. The van der Waals surface area contributed by atoms with Crippen molar-refractivity contribution in [2.45, 2.75) is 43.2 Å². The van der Waals surface area contributed by atoms with Gasteiger partial charge in [0.1, 0.15) is 5.82 Å². The number of aryl methyl sites for hydroxylation is 3. The van der Waals surface area contributed by atoms with Crippen LogP contribution in [0.4, 0.5) is 0 Å². The predicted octanol–water partition coefficient (Wildman–Crippen LogP) is 0.473. The van der Waals surface area contributed by atoms with E-state index in [1.54, 1.807) is 36.0 Å². The molecule has 0 amide bonds. The molecular formula is C19H28N6O4S. The maximum Gasteiger partial charge on any atom is 0.262 e. The van der Waals surface area contributed by atoms with Crippen LogP contribution in [0.5, 0.6) is 0 Å². The van der Waals surface area contributed by atoms with E-state index >= 15 is 0 Å². The van der Waals surface area contributed by atoms with Crippen LogP contribution in [0.1, 0.15) is 30.4 Å². The minimum Gasteiger partial charge on any atom is -0.381 e. The second-order valence-corrected chi connectivity index (χ2v) is 10.7. The quantitative estimate of drug-likeness (QED) is 0.681. The Morgan fingerprint density at radius 2 is 1.90 bits per heavy atom. The van der Waals surface area contributed by atoms with Crippen molar-refractivity contribution in [2.24, 2.45) is 13.0 Å². The van der Waals surface area contributed by atoms with Crippen molar-refractivity contribution in [1.82, 2.24) is 28.9 Å². The van der Waals surface area contributed by atoms with Crippen molar-refractivity contribution in [1.29, 1.82) is 0 Å². The van der Waals surface area contributed by atoms with Gasteiger partial charge in [0.05, 0.1) is 5.41 Å². The summed E-state index contributed by atoms with van der Waals surface area (Å²) in [7, 11) is -1.89. The molecule has 3 aliphatic heterocycles. The molecule has 3 saturated heterocycles. The Bertz CT molecular complexity index is 1020. The molecule has 10 nitrogen and oxygen atoms in total. The van der Waals surface area contributed by atoms with Gasteiger partial charge in [-0.25, -0.2) is 13.4 Å². The SMILES string of the molecule is Cc1noc([C@@]23CN(C4CCOCC4)C[C@@H]2CN(S(=O)(=O)c2cn(C)c(C)n2)C3)n1. The van der Waals surface area contributed by atoms with E-state index in [4.69, 9.17) is 9.26 Å². The van der Waals surface area contributed by atoms with Crippen LogP contribution >= 0.6 is 0 Å². The molecule has 164 valence electrons. The number of likely N-dealkylation sites (tertiary alicyclic amines) is 1. The van der Waals surface area contributed by atoms with Gasteiger partial charge in [-0.05, 0) is 26.7 Å². The lowest BCUT2D eigenvalue weighted by Gasteiger charge is -2.33. The highest BCUT2D eigenvalue weighted by Crippen LogP contribution is 2.46. The van der Waals surface area contributed by atoms with E-state index in [1.165, 1.54) is 0 Å². The van der Waals surface area contributed by atoms with E-state index in [-0.39, 0.29) is 10.9 Å². The van der Waals surface area contributed by atoms with Gasteiger partial charge < -0.3 is 13.8 Å². The Balaban J connectivity index is 1.47. The second kappa shape index (κ2) is 7.11. The molecule has 0 aliphatic carbocycles. The predicted molar refractivity (Wildman–Crippen MR) is 106 cm³/mol. The van der Waals surface area contributed by atoms with Gasteiger partial charge in [0, 0.05) is 64.6 Å². The summed E-state index contributed by atoms with van der Waals surface area (Å²) in [6.07, 6.45) is 3.58. The Kier molecular flexibility index (Phi) is 4.77.